The average Bonchev–Trinajstić information content (AvgIpc) is 3.29. The van der Waals surface area contributed by atoms with Crippen LogP contribution in [0.3, 0.4) is 0 Å². The van der Waals surface area contributed by atoms with Crippen LogP contribution >= 0.6 is 0 Å². The highest BCUT2D eigenvalue weighted by Crippen LogP contribution is 2.53. The fourth-order valence-corrected chi connectivity index (χ4v) is 8.37. The maximum Gasteiger partial charge on any atom is 0.258 e. The molecule has 4 bridgehead atoms. The zero-order chi connectivity index (χ0) is 24.5. The van der Waals surface area contributed by atoms with Crippen LogP contribution in [0.5, 0.6) is 5.88 Å². The molecule has 7 nitrogen and oxygen atoms in total. The van der Waals surface area contributed by atoms with E-state index in [1.165, 1.54) is 77.0 Å². The van der Waals surface area contributed by atoms with Gasteiger partial charge in [0, 0.05) is 18.6 Å². The Labute approximate surface area is 217 Å². The quantitative estimate of drug-likeness (QED) is 0.538. The zero-order valence-electron chi connectivity index (χ0n) is 22.3. The fourth-order valence-electron chi connectivity index (χ4n) is 8.37. The summed E-state index contributed by atoms with van der Waals surface area (Å²) in [5.41, 5.74) is 0.638. The molecule has 7 heteroatoms. The van der Waals surface area contributed by atoms with Crippen LogP contribution in [0.25, 0.3) is 0 Å². The van der Waals surface area contributed by atoms with Crippen LogP contribution in [-0.2, 0) is 6.54 Å². The van der Waals surface area contributed by atoms with Crippen molar-refractivity contribution in [3.63, 3.8) is 0 Å². The molecule has 1 aliphatic heterocycles. The molecule has 7 rings (SSSR count). The minimum Gasteiger partial charge on any atom is -0.477 e. The van der Waals surface area contributed by atoms with E-state index in [0.29, 0.717) is 47.9 Å². The van der Waals surface area contributed by atoms with Crippen LogP contribution in [0, 0.1) is 29.6 Å². The van der Waals surface area contributed by atoms with Crippen LogP contribution < -0.4 is 15.4 Å². The van der Waals surface area contributed by atoms with Crippen LogP contribution in [-0.4, -0.2) is 66.0 Å². The van der Waals surface area contributed by atoms with Gasteiger partial charge in [0.1, 0.15) is 5.56 Å². The summed E-state index contributed by atoms with van der Waals surface area (Å²) in [5.74, 6) is 4.48. The summed E-state index contributed by atoms with van der Waals surface area (Å²) in [5, 5.41) is 11.9. The lowest BCUT2D eigenvalue weighted by Gasteiger charge is -2.54. The van der Waals surface area contributed by atoms with Crippen molar-refractivity contribution in [3.8, 4) is 5.88 Å². The lowest BCUT2D eigenvalue weighted by atomic mass is 9.54. The van der Waals surface area contributed by atoms with E-state index < -0.39 is 0 Å². The van der Waals surface area contributed by atoms with E-state index in [1.807, 2.05) is 4.68 Å². The Morgan fingerprint density at radius 2 is 1.69 bits per heavy atom. The van der Waals surface area contributed by atoms with Crippen LogP contribution in [0.2, 0.25) is 0 Å². The summed E-state index contributed by atoms with van der Waals surface area (Å²) >= 11 is 0. The molecule has 6 fully saturated rings. The second kappa shape index (κ2) is 11.0. The number of nitrogens with zero attached hydrogens (tertiary/aromatic N) is 3. The van der Waals surface area contributed by atoms with E-state index >= 15 is 0 Å². The average molecular weight is 498 g/mol. The molecule has 0 spiro atoms. The number of ether oxygens (including phenoxy) is 1. The van der Waals surface area contributed by atoms with Gasteiger partial charge in [0.05, 0.1) is 19.3 Å². The highest BCUT2D eigenvalue weighted by Gasteiger charge is 2.48. The third kappa shape index (κ3) is 5.47. The van der Waals surface area contributed by atoms with Crippen LogP contribution in [0.1, 0.15) is 87.4 Å². The molecule has 5 aliphatic carbocycles. The van der Waals surface area contributed by atoms with E-state index in [0.717, 1.165) is 38.0 Å². The number of carbonyl (C=O) groups is 1. The van der Waals surface area contributed by atoms with E-state index in [4.69, 9.17) is 4.74 Å². The Morgan fingerprint density at radius 1 is 1.00 bits per heavy atom. The molecule has 1 saturated heterocycles. The second-order valence-electron chi connectivity index (χ2n) is 12.9. The summed E-state index contributed by atoms with van der Waals surface area (Å²) in [7, 11) is 2.20. The van der Waals surface area contributed by atoms with E-state index in [2.05, 4.69) is 27.7 Å². The van der Waals surface area contributed by atoms with E-state index in [9.17, 15) is 4.79 Å². The first kappa shape index (κ1) is 24.7. The van der Waals surface area contributed by atoms with Crippen LogP contribution in [0.4, 0.5) is 0 Å². The second-order valence-corrected chi connectivity index (χ2v) is 12.9. The number of hydrogen-bond acceptors (Lipinski definition) is 5. The molecular formula is C29H47N5O2. The predicted molar refractivity (Wildman–Crippen MR) is 141 cm³/mol. The van der Waals surface area contributed by atoms with E-state index in [-0.39, 0.29) is 5.91 Å². The predicted octanol–water partition coefficient (Wildman–Crippen LogP) is 4.08. The highest BCUT2D eigenvalue weighted by molar-refractivity contribution is 5.96. The molecule has 36 heavy (non-hydrogen) atoms. The Kier molecular flexibility index (Phi) is 7.57. The molecule has 2 N–H and O–H groups in total. The third-order valence-corrected chi connectivity index (χ3v) is 10.2. The molecule has 0 atom stereocenters. The number of likely N-dealkylation sites (tertiary alicyclic amines) is 1. The van der Waals surface area contributed by atoms with E-state index in [1.54, 1.807) is 6.20 Å². The van der Waals surface area contributed by atoms with Gasteiger partial charge < -0.3 is 20.3 Å². The smallest absolute Gasteiger partial charge is 0.258 e. The first-order valence-corrected chi connectivity index (χ1v) is 15.0. The topological polar surface area (TPSA) is 71.4 Å². The van der Waals surface area contributed by atoms with Crippen LogP contribution in [0.15, 0.2) is 6.20 Å². The molecule has 5 saturated carbocycles. The molecule has 1 amide bonds. The Hall–Kier alpha value is -1.60. The van der Waals surface area contributed by atoms with Crippen molar-refractivity contribution in [3.05, 3.63) is 11.8 Å². The monoisotopic (exact) mass is 497 g/mol. The highest BCUT2D eigenvalue weighted by atomic mass is 16.5. The van der Waals surface area contributed by atoms with Gasteiger partial charge in [-0.2, -0.15) is 5.10 Å². The number of aromatic nitrogens is 2. The van der Waals surface area contributed by atoms with Crippen molar-refractivity contribution >= 4 is 5.91 Å². The molecule has 1 aromatic heterocycles. The lowest BCUT2D eigenvalue weighted by molar-refractivity contribution is -0.0120. The lowest BCUT2D eigenvalue weighted by Crippen LogP contribution is -2.55. The molecule has 0 unspecified atom stereocenters. The van der Waals surface area contributed by atoms with Gasteiger partial charge in [-0.1, -0.05) is 19.3 Å². The minimum atomic E-state index is 0.0284. The molecular weight excluding hydrogens is 450 g/mol. The van der Waals surface area contributed by atoms with Crippen molar-refractivity contribution < 1.29 is 9.53 Å². The summed E-state index contributed by atoms with van der Waals surface area (Å²) in [4.78, 5) is 16.0. The Bertz CT molecular complexity index is 858. The van der Waals surface area contributed by atoms with Gasteiger partial charge in [-0.25, -0.2) is 4.68 Å². The largest absolute Gasteiger partial charge is 0.477 e. The zero-order valence-corrected chi connectivity index (χ0v) is 22.3. The summed E-state index contributed by atoms with van der Waals surface area (Å²) in [6.45, 7) is 4.60. The molecule has 6 aliphatic rings. The van der Waals surface area contributed by atoms with Gasteiger partial charge in [-0.15, -0.1) is 0 Å². The number of hydrogen-bond donors (Lipinski definition) is 2. The fraction of sp³-hybridized carbons (Fsp3) is 0.862. The number of piperidine rings is 1. The van der Waals surface area contributed by atoms with Crippen molar-refractivity contribution in [2.24, 2.45) is 29.6 Å². The standard InChI is InChI=1S/C29H47N5O2/c1-33-10-7-25(8-11-33)30-9-12-34-29(36-19-20-5-3-2-4-6-20)26(18-31-34)28(35)32-27-23-14-21-13-22(16-23)17-24(27)15-21/h18,20-25,27,30H,2-17,19H2,1H3,(H,32,35). The number of nitrogens with one attached hydrogen (secondary N) is 2. The van der Waals surface area contributed by atoms with Crippen molar-refractivity contribution in [1.29, 1.82) is 0 Å². The normalized spacial score (nSPS) is 33.2. The minimum absolute atomic E-state index is 0.0284. The van der Waals surface area contributed by atoms with Gasteiger partial charge >= 0.3 is 0 Å². The molecule has 0 radical (unpaired) electrons. The van der Waals surface area contributed by atoms with Gasteiger partial charge in [0.2, 0.25) is 5.88 Å². The molecule has 200 valence electrons. The van der Waals surface area contributed by atoms with Gasteiger partial charge in [-0.3, -0.25) is 4.79 Å². The Balaban J connectivity index is 1.11. The summed E-state index contributed by atoms with van der Waals surface area (Å²) in [6.07, 6.45) is 17.2. The first-order chi connectivity index (χ1) is 17.6. The summed E-state index contributed by atoms with van der Waals surface area (Å²) in [6, 6.07) is 0.911. The molecule has 1 aromatic rings. The number of carbonyl (C=O) groups excluding carboxylic acids is 1. The maximum absolute atomic E-state index is 13.6. The Morgan fingerprint density at radius 3 is 2.39 bits per heavy atom. The number of amides is 1. The van der Waals surface area contributed by atoms with Crippen molar-refractivity contribution in [1.82, 2.24) is 25.3 Å². The first-order valence-electron chi connectivity index (χ1n) is 15.0. The molecule has 0 aromatic carbocycles. The number of rotatable bonds is 9. The van der Waals surface area contributed by atoms with Gasteiger partial charge in [0.25, 0.3) is 5.91 Å². The van der Waals surface area contributed by atoms with Gasteiger partial charge in [0.15, 0.2) is 0 Å². The van der Waals surface area contributed by atoms with Crippen molar-refractivity contribution in [2.45, 2.75) is 95.7 Å². The molecule has 2 heterocycles. The SMILES string of the molecule is CN1CCC(NCCn2ncc(C(=O)NC3C4CC5CC(C4)CC3C5)c2OCC2CCCCC2)CC1. The summed E-state index contributed by atoms with van der Waals surface area (Å²) < 4.78 is 8.38. The van der Waals surface area contributed by atoms with Crippen molar-refractivity contribution in [2.75, 3.05) is 33.3 Å². The maximum atomic E-state index is 13.6. The third-order valence-electron chi connectivity index (χ3n) is 10.2. The van der Waals surface area contributed by atoms with Gasteiger partial charge in [-0.05, 0) is 108 Å².